The maximum absolute atomic E-state index is 12.5. The van der Waals surface area contributed by atoms with Crippen LogP contribution in [-0.4, -0.2) is 53.8 Å². The molecule has 1 aromatic rings. The molecule has 1 aliphatic carbocycles. The van der Waals surface area contributed by atoms with Gasteiger partial charge in [0.15, 0.2) is 0 Å². The summed E-state index contributed by atoms with van der Waals surface area (Å²) in [6.45, 7) is 1.28. The van der Waals surface area contributed by atoms with Crippen molar-refractivity contribution in [2.75, 3.05) is 19.7 Å². The van der Waals surface area contributed by atoms with Gasteiger partial charge in [-0.15, -0.1) is 0 Å². The third kappa shape index (κ3) is 5.46. The topological polar surface area (TPSA) is 76.1 Å². The Balaban J connectivity index is 1.48. The molecule has 1 atom stereocenters. The predicted octanol–water partition coefficient (Wildman–Crippen LogP) is 2.64. The molecule has 1 aliphatic heterocycles. The summed E-state index contributed by atoms with van der Waals surface area (Å²) < 4.78 is 11.4. The Morgan fingerprint density at radius 1 is 1.27 bits per heavy atom. The van der Waals surface area contributed by atoms with Crippen LogP contribution in [0.3, 0.4) is 0 Å². The third-order valence-electron chi connectivity index (χ3n) is 5.02. The molecule has 1 saturated heterocycles. The van der Waals surface area contributed by atoms with Gasteiger partial charge in [0.05, 0.1) is 25.2 Å². The number of carbonyl (C=O) groups is 2. The molecule has 1 aromatic carbocycles. The van der Waals surface area contributed by atoms with Gasteiger partial charge in [0, 0.05) is 19.5 Å². The average molecular weight is 361 g/mol. The number of benzene rings is 1. The van der Waals surface area contributed by atoms with E-state index in [1.807, 2.05) is 24.3 Å². The lowest BCUT2D eigenvalue weighted by molar-refractivity contribution is -0.147. The van der Waals surface area contributed by atoms with Gasteiger partial charge in [-0.2, -0.15) is 0 Å². The van der Waals surface area contributed by atoms with Crippen LogP contribution in [-0.2, 0) is 20.7 Å². The Kier molecular flexibility index (Phi) is 6.50. The molecular weight excluding hydrogens is 334 g/mol. The zero-order chi connectivity index (χ0) is 18.4. The number of amides is 1. The smallest absolute Gasteiger partial charge is 0.306 e. The largest absolute Gasteiger partial charge is 0.490 e. The molecule has 26 heavy (non-hydrogen) atoms. The Bertz CT molecular complexity index is 626. The Morgan fingerprint density at radius 3 is 2.85 bits per heavy atom. The summed E-state index contributed by atoms with van der Waals surface area (Å²) in [5.74, 6) is 0.0314. The van der Waals surface area contributed by atoms with E-state index in [0.29, 0.717) is 38.6 Å². The zero-order valence-electron chi connectivity index (χ0n) is 15.1. The molecule has 1 unspecified atom stereocenters. The lowest BCUT2D eigenvalue weighted by Gasteiger charge is -2.32. The molecule has 1 saturated carbocycles. The monoisotopic (exact) mass is 361 g/mol. The number of ether oxygens (including phenoxy) is 2. The number of carbonyl (C=O) groups excluding carboxylic acids is 1. The highest BCUT2D eigenvalue weighted by Gasteiger charge is 2.25. The second-order valence-electron chi connectivity index (χ2n) is 7.10. The zero-order valence-corrected chi connectivity index (χ0v) is 15.1. The first-order valence-corrected chi connectivity index (χ1v) is 9.47. The van der Waals surface area contributed by atoms with Gasteiger partial charge in [-0.1, -0.05) is 12.1 Å². The van der Waals surface area contributed by atoms with E-state index < -0.39 is 12.1 Å². The fourth-order valence-electron chi connectivity index (χ4n) is 3.65. The highest BCUT2D eigenvalue weighted by molar-refractivity contribution is 5.76. The van der Waals surface area contributed by atoms with Crippen LogP contribution in [0.15, 0.2) is 24.3 Å². The molecule has 1 heterocycles. The summed E-state index contributed by atoms with van der Waals surface area (Å²) >= 11 is 0. The van der Waals surface area contributed by atoms with Gasteiger partial charge in [0.2, 0.25) is 5.91 Å². The van der Waals surface area contributed by atoms with E-state index in [1.54, 1.807) is 4.90 Å². The Labute approximate surface area is 154 Å². The number of nitrogens with zero attached hydrogens (tertiary/aromatic N) is 1. The van der Waals surface area contributed by atoms with Crippen molar-refractivity contribution in [2.24, 2.45) is 0 Å². The fourth-order valence-corrected chi connectivity index (χ4v) is 3.65. The van der Waals surface area contributed by atoms with Crippen LogP contribution < -0.4 is 4.74 Å². The summed E-state index contributed by atoms with van der Waals surface area (Å²) in [5, 5.41) is 8.88. The molecule has 0 aromatic heterocycles. The van der Waals surface area contributed by atoms with Gasteiger partial charge in [-0.25, -0.2) is 0 Å². The van der Waals surface area contributed by atoms with Crippen LogP contribution in [0.1, 0.15) is 44.1 Å². The number of aryl methyl sites for hydroxylation is 1. The lowest BCUT2D eigenvalue weighted by atomic mass is 10.1. The van der Waals surface area contributed by atoms with Crippen molar-refractivity contribution in [3.63, 3.8) is 0 Å². The minimum Gasteiger partial charge on any atom is -0.490 e. The minimum atomic E-state index is -0.900. The molecule has 2 aliphatic rings. The van der Waals surface area contributed by atoms with E-state index in [0.717, 1.165) is 24.2 Å². The quantitative estimate of drug-likeness (QED) is 0.808. The Morgan fingerprint density at radius 2 is 2.08 bits per heavy atom. The number of morpholine rings is 1. The maximum atomic E-state index is 12.5. The summed E-state index contributed by atoms with van der Waals surface area (Å²) in [4.78, 5) is 25.0. The highest BCUT2D eigenvalue weighted by atomic mass is 16.5. The summed E-state index contributed by atoms with van der Waals surface area (Å²) in [5.41, 5.74) is 1.09. The van der Waals surface area contributed by atoms with Gasteiger partial charge in [0.1, 0.15) is 5.75 Å². The van der Waals surface area contributed by atoms with Crippen LogP contribution >= 0.6 is 0 Å². The first-order valence-electron chi connectivity index (χ1n) is 9.47. The SMILES string of the molecule is O=C(O)CC1CN(C(=O)CCc2cccc(OC3CCCC3)c2)CCO1. The predicted molar refractivity (Wildman–Crippen MR) is 96.2 cm³/mol. The highest BCUT2D eigenvalue weighted by Crippen LogP contribution is 2.25. The van der Waals surface area contributed by atoms with Crippen molar-refractivity contribution in [3.8, 4) is 5.75 Å². The first-order chi connectivity index (χ1) is 12.6. The lowest BCUT2D eigenvalue weighted by Crippen LogP contribution is -2.46. The molecule has 6 heteroatoms. The van der Waals surface area contributed by atoms with Crippen molar-refractivity contribution in [2.45, 2.75) is 57.2 Å². The molecule has 0 spiro atoms. The number of hydrogen-bond acceptors (Lipinski definition) is 4. The fraction of sp³-hybridized carbons (Fsp3) is 0.600. The molecule has 3 rings (SSSR count). The van der Waals surface area contributed by atoms with Crippen molar-refractivity contribution in [1.82, 2.24) is 4.90 Å². The van der Waals surface area contributed by atoms with Crippen molar-refractivity contribution < 1.29 is 24.2 Å². The third-order valence-corrected chi connectivity index (χ3v) is 5.02. The van der Waals surface area contributed by atoms with E-state index in [9.17, 15) is 9.59 Å². The Hall–Kier alpha value is -2.08. The number of rotatable bonds is 7. The van der Waals surface area contributed by atoms with Crippen LogP contribution in [0.25, 0.3) is 0 Å². The van der Waals surface area contributed by atoms with Crippen LogP contribution in [0.2, 0.25) is 0 Å². The van der Waals surface area contributed by atoms with Gasteiger partial charge in [-0.3, -0.25) is 9.59 Å². The molecule has 0 bridgehead atoms. The van der Waals surface area contributed by atoms with Crippen molar-refractivity contribution in [3.05, 3.63) is 29.8 Å². The molecule has 0 radical (unpaired) electrons. The van der Waals surface area contributed by atoms with E-state index in [4.69, 9.17) is 14.6 Å². The molecule has 1 N–H and O–H groups in total. The molecule has 142 valence electrons. The van der Waals surface area contributed by atoms with Gasteiger partial charge in [-0.05, 0) is 49.8 Å². The summed E-state index contributed by atoms with van der Waals surface area (Å²) in [6.07, 6.45) is 5.63. The maximum Gasteiger partial charge on any atom is 0.306 e. The number of hydrogen-bond donors (Lipinski definition) is 1. The summed E-state index contributed by atoms with van der Waals surface area (Å²) in [7, 11) is 0. The van der Waals surface area contributed by atoms with Crippen LogP contribution in [0.4, 0.5) is 0 Å². The normalized spacial score (nSPS) is 20.9. The first kappa shape index (κ1) is 18.7. The van der Waals surface area contributed by atoms with Crippen molar-refractivity contribution >= 4 is 11.9 Å². The second-order valence-corrected chi connectivity index (χ2v) is 7.10. The number of carboxylic acids is 1. The van der Waals surface area contributed by atoms with E-state index in [2.05, 4.69) is 0 Å². The van der Waals surface area contributed by atoms with Crippen LogP contribution in [0.5, 0.6) is 5.75 Å². The van der Waals surface area contributed by atoms with Gasteiger partial charge < -0.3 is 19.5 Å². The molecular formula is C20H27NO5. The molecule has 6 nitrogen and oxygen atoms in total. The van der Waals surface area contributed by atoms with Crippen molar-refractivity contribution in [1.29, 1.82) is 0 Å². The molecule has 2 fully saturated rings. The second kappa shape index (κ2) is 9.03. The minimum absolute atomic E-state index is 0.0470. The number of carboxylic acid groups (broad SMARTS) is 1. The average Bonchev–Trinajstić information content (AvgIpc) is 3.12. The van der Waals surface area contributed by atoms with E-state index in [1.165, 1.54) is 12.8 Å². The van der Waals surface area contributed by atoms with Gasteiger partial charge >= 0.3 is 5.97 Å². The number of aliphatic carboxylic acids is 1. The summed E-state index contributed by atoms with van der Waals surface area (Å²) in [6, 6.07) is 7.99. The van der Waals surface area contributed by atoms with E-state index in [-0.39, 0.29) is 12.3 Å². The van der Waals surface area contributed by atoms with Crippen LogP contribution in [0, 0.1) is 0 Å². The molecule has 1 amide bonds. The van der Waals surface area contributed by atoms with E-state index >= 15 is 0 Å². The standard InChI is InChI=1S/C20H27NO5/c22-19(21-10-11-25-18(14-21)13-20(23)24)9-8-15-4-3-7-17(12-15)26-16-5-1-2-6-16/h3-4,7,12,16,18H,1-2,5-6,8-11,13-14H2,(H,23,24). The van der Waals surface area contributed by atoms with Gasteiger partial charge in [0.25, 0.3) is 0 Å².